The average molecular weight is 387 g/mol. The van der Waals surface area contributed by atoms with E-state index in [0.29, 0.717) is 30.2 Å². The third kappa shape index (κ3) is 7.49. The molecule has 0 aliphatic heterocycles. The topological polar surface area (TPSA) is 73.9 Å². The fourth-order valence-electron chi connectivity index (χ4n) is 2.17. The molecule has 0 aliphatic rings. The summed E-state index contributed by atoms with van der Waals surface area (Å²) in [4.78, 5) is 27.8. The Bertz CT molecular complexity index is 774. The van der Waals surface area contributed by atoms with Crippen LogP contribution in [0.15, 0.2) is 61.2 Å². The molecule has 1 N–H and O–H groups in total. The van der Waals surface area contributed by atoms with Crippen LogP contribution in [0.3, 0.4) is 0 Å². The smallest absolute Gasteiger partial charge is 0.362 e. The van der Waals surface area contributed by atoms with Gasteiger partial charge in [0.25, 0.3) is 0 Å². The van der Waals surface area contributed by atoms with Gasteiger partial charge in [0.15, 0.2) is 0 Å². The van der Waals surface area contributed by atoms with Crippen LogP contribution in [-0.2, 0) is 14.4 Å². The Labute approximate surface area is 162 Å². The van der Waals surface area contributed by atoms with Crippen molar-refractivity contribution in [2.45, 2.75) is 19.3 Å². The highest BCUT2D eigenvalue weighted by molar-refractivity contribution is 5.90. The molecule has 148 valence electrons. The van der Waals surface area contributed by atoms with Gasteiger partial charge in [-0.1, -0.05) is 6.58 Å². The van der Waals surface area contributed by atoms with E-state index in [4.69, 9.17) is 14.3 Å². The first-order valence-electron chi connectivity index (χ1n) is 8.83. The van der Waals surface area contributed by atoms with Gasteiger partial charge in [0, 0.05) is 6.08 Å². The van der Waals surface area contributed by atoms with E-state index in [2.05, 4.69) is 12.1 Å². The molecule has 7 heteroatoms. The van der Waals surface area contributed by atoms with Crippen LogP contribution in [0.2, 0.25) is 0 Å². The fourth-order valence-corrected chi connectivity index (χ4v) is 2.17. The maximum Gasteiger partial charge on any atom is 0.362 e. The largest absolute Gasteiger partial charge is 0.494 e. The van der Waals surface area contributed by atoms with Gasteiger partial charge in [-0.15, -0.1) is 0 Å². The third-order valence-electron chi connectivity index (χ3n) is 3.66. The number of esters is 1. The van der Waals surface area contributed by atoms with Crippen molar-refractivity contribution in [1.82, 2.24) is 0 Å². The molecule has 0 saturated heterocycles. The normalized spacial score (nSPS) is 10.0. The molecule has 2 aromatic rings. The number of ether oxygens (including phenoxy) is 2. The van der Waals surface area contributed by atoms with E-state index < -0.39 is 11.9 Å². The minimum absolute atomic E-state index is 0.353. The molecule has 0 saturated carbocycles. The lowest BCUT2D eigenvalue weighted by molar-refractivity contribution is -0.137. The summed E-state index contributed by atoms with van der Waals surface area (Å²) in [7, 11) is 0. The monoisotopic (exact) mass is 387 g/mol. The number of benzene rings is 2. The molecule has 6 nitrogen and oxygen atoms in total. The van der Waals surface area contributed by atoms with Crippen molar-refractivity contribution in [3.63, 3.8) is 0 Å². The molecule has 0 bridgehead atoms. The van der Waals surface area contributed by atoms with E-state index in [-0.39, 0.29) is 5.82 Å². The lowest BCUT2D eigenvalue weighted by Gasteiger charge is -2.08. The molecule has 0 aliphatic carbocycles. The van der Waals surface area contributed by atoms with Crippen LogP contribution >= 0.6 is 0 Å². The van der Waals surface area contributed by atoms with Crippen molar-refractivity contribution in [2.24, 2.45) is 0 Å². The number of carbonyl (C=O) groups excluding carboxylic acids is 2. The SMILES string of the molecule is C=CC(=O)OCCCCCOc1ccc(C(=O)ONc2ccc(F)cc2)cc1. The minimum atomic E-state index is -0.565. The highest BCUT2D eigenvalue weighted by atomic mass is 19.1. The Morgan fingerprint density at radius 3 is 2.32 bits per heavy atom. The highest BCUT2D eigenvalue weighted by Gasteiger charge is 2.08. The second-order valence-corrected chi connectivity index (χ2v) is 5.80. The molecule has 0 amide bonds. The van der Waals surface area contributed by atoms with E-state index in [0.717, 1.165) is 25.3 Å². The Balaban J connectivity index is 1.65. The molecule has 0 atom stereocenters. The van der Waals surface area contributed by atoms with Gasteiger partial charge in [-0.3, -0.25) is 0 Å². The summed E-state index contributed by atoms with van der Waals surface area (Å²) in [5, 5.41) is 0. The zero-order valence-electron chi connectivity index (χ0n) is 15.4. The van der Waals surface area contributed by atoms with E-state index in [1.165, 1.54) is 24.3 Å². The number of anilines is 1. The van der Waals surface area contributed by atoms with Gasteiger partial charge in [-0.05, 0) is 67.8 Å². The standard InChI is InChI=1S/C21H22FNO5/c1-2-20(24)27-15-5-3-4-14-26-19-12-6-16(7-13-19)21(25)28-23-18-10-8-17(22)9-11-18/h2,6-13,23H,1,3-5,14-15H2. The number of hydrogen-bond donors (Lipinski definition) is 1. The summed E-state index contributed by atoms with van der Waals surface area (Å²) in [6.07, 6.45) is 3.58. The number of carbonyl (C=O) groups is 2. The summed E-state index contributed by atoms with van der Waals surface area (Å²) in [6, 6.07) is 12.0. The maximum atomic E-state index is 12.8. The van der Waals surface area contributed by atoms with Crippen molar-refractivity contribution in [2.75, 3.05) is 18.7 Å². The Morgan fingerprint density at radius 2 is 1.64 bits per heavy atom. The van der Waals surface area contributed by atoms with Crippen molar-refractivity contribution >= 4 is 17.6 Å². The molecule has 0 unspecified atom stereocenters. The first-order chi connectivity index (χ1) is 13.6. The zero-order valence-corrected chi connectivity index (χ0v) is 15.4. The molecule has 2 aromatic carbocycles. The Morgan fingerprint density at radius 1 is 0.964 bits per heavy atom. The van der Waals surface area contributed by atoms with Crippen molar-refractivity contribution in [3.05, 3.63) is 72.6 Å². The molecule has 0 heterocycles. The summed E-state index contributed by atoms with van der Waals surface area (Å²) in [6.45, 7) is 4.21. The number of hydrogen-bond acceptors (Lipinski definition) is 6. The van der Waals surface area contributed by atoms with Gasteiger partial charge < -0.3 is 14.3 Å². The number of nitrogens with one attached hydrogen (secondary N) is 1. The molecule has 0 fully saturated rings. The highest BCUT2D eigenvalue weighted by Crippen LogP contribution is 2.15. The predicted octanol–water partition coefficient (Wildman–Crippen LogP) is 4.29. The molecule has 0 radical (unpaired) electrons. The molecular weight excluding hydrogens is 365 g/mol. The first kappa shape index (κ1) is 21.0. The molecule has 2 rings (SSSR count). The summed E-state index contributed by atoms with van der Waals surface area (Å²) < 4.78 is 23.3. The van der Waals surface area contributed by atoms with Crippen molar-refractivity contribution in [1.29, 1.82) is 0 Å². The molecular formula is C21H22FNO5. The lowest BCUT2D eigenvalue weighted by Crippen LogP contribution is -2.10. The minimum Gasteiger partial charge on any atom is -0.494 e. The Kier molecular flexibility index (Phi) is 8.52. The maximum absolute atomic E-state index is 12.8. The second kappa shape index (κ2) is 11.4. The quantitative estimate of drug-likeness (QED) is 0.268. The van der Waals surface area contributed by atoms with Gasteiger partial charge in [0.05, 0.1) is 24.5 Å². The number of halogens is 1. The van der Waals surface area contributed by atoms with Gasteiger partial charge in [0.1, 0.15) is 11.6 Å². The molecule has 0 spiro atoms. The van der Waals surface area contributed by atoms with Crippen LogP contribution in [0, 0.1) is 5.82 Å². The van der Waals surface area contributed by atoms with Crippen LogP contribution in [0.1, 0.15) is 29.6 Å². The van der Waals surface area contributed by atoms with Crippen molar-refractivity contribution < 1.29 is 28.3 Å². The molecule has 0 aromatic heterocycles. The lowest BCUT2D eigenvalue weighted by atomic mass is 10.2. The van der Waals surface area contributed by atoms with E-state index in [1.807, 2.05) is 0 Å². The van der Waals surface area contributed by atoms with Crippen LogP contribution in [0.5, 0.6) is 5.75 Å². The van der Waals surface area contributed by atoms with E-state index in [9.17, 15) is 14.0 Å². The summed E-state index contributed by atoms with van der Waals surface area (Å²) >= 11 is 0. The van der Waals surface area contributed by atoms with Crippen LogP contribution in [-0.4, -0.2) is 25.2 Å². The zero-order chi connectivity index (χ0) is 20.2. The van der Waals surface area contributed by atoms with Gasteiger partial charge in [0.2, 0.25) is 0 Å². The van der Waals surface area contributed by atoms with E-state index in [1.54, 1.807) is 24.3 Å². The van der Waals surface area contributed by atoms with E-state index >= 15 is 0 Å². The van der Waals surface area contributed by atoms with Crippen LogP contribution in [0.25, 0.3) is 0 Å². The number of rotatable bonds is 11. The average Bonchev–Trinajstić information content (AvgIpc) is 2.72. The van der Waals surface area contributed by atoms with Gasteiger partial charge in [-0.25, -0.2) is 19.5 Å². The van der Waals surface area contributed by atoms with Gasteiger partial charge in [-0.2, -0.15) is 0 Å². The van der Waals surface area contributed by atoms with Gasteiger partial charge >= 0.3 is 11.9 Å². The van der Waals surface area contributed by atoms with Crippen molar-refractivity contribution in [3.8, 4) is 5.75 Å². The van der Waals surface area contributed by atoms with Crippen LogP contribution in [0.4, 0.5) is 10.1 Å². The summed E-state index contributed by atoms with van der Waals surface area (Å²) in [5.74, 6) is -0.711. The second-order valence-electron chi connectivity index (χ2n) is 5.80. The first-order valence-corrected chi connectivity index (χ1v) is 8.83. The third-order valence-corrected chi connectivity index (χ3v) is 3.66. The summed E-state index contributed by atoms with van der Waals surface area (Å²) in [5.41, 5.74) is 3.29. The Hall–Kier alpha value is -3.35. The molecule has 28 heavy (non-hydrogen) atoms. The van der Waals surface area contributed by atoms with Crippen LogP contribution < -0.4 is 10.2 Å². The number of unbranched alkanes of at least 4 members (excludes halogenated alkanes) is 2. The fraction of sp³-hybridized carbons (Fsp3) is 0.238. The predicted molar refractivity (Wildman–Crippen MR) is 102 cm³/mol.